The van der Waals surface area contributed by atoms with E-state index in [9.17, 15) is 0 Å². The lowest BCUT2D eigenvalue weighted by atomic mass is 10.1. The van der Waals surface area contributed by atoms with Crippen molar-refractivity contribution < 1.29 is 0 Å². The zero-order chi connectivity index (χ0) is 19.5. The van der Waals surface area contributed by atoms with Crippen molar-refractivity contribution in [2.24, 2.45) is 0 Å². The summed E-state index contributed by atoms with van der Waals surface area (Å²) in [5.74, 6) is 2.43. The fourth-order valence-corrected chi connectivity index (χ4v) is 3.40. The maximum Gasteiger partial charge on any atom is 0.158 e. The van der Waals surface area contributed by atoms with Crippen LogP contribution in [0.25, 0.3) is 11.3 Å². The number of aromatic nitrogens is 3. The summed E-state index contributed by atoms with van der Waals surface area (Å²) in [7, 11) is 2.10. The monoisotopic (exact) mass is 372 g/mol. The molecule has 3 aromatic rings. The summed E-state index contributed by atoms with van der Waals surface area (Å²) >= 11 is 0. The van der Waals surface area contributed by atoms with Crippen LogP contribution in [0.2, 0.25) is 0 Å². The van der Waals surface area contributed by atoms with Crippen molar-refractivity contribution in [3.8, 4) is 11.3 Å². The largest absolute Gasteiger partial charge is 0.372 e. The zero-order valence-electron chi connectivity index (χ0n) is 16.3. The lowest BCUT2D eigenvalue weighted by Gasteiger charge is -2.27. The Morgan fingerprint density at radius 1 is 1.14 bits per heavy atom. The number of hydrogen-bond acceptors (Lipinski definition) is 6. The minimum absolute atomic E-state index is 0.766. The molecule has 0 fully saturated rings. The van der Waals surface area contributed by atoms with E-state index >= 15 is 0 Å². The summed E-state index contributed by atoms with van der Waals surface area (Å²) < 4.78 is 0. The van der Waals surface area contributed by atoms with Gasteiger partial charge < -0.3 is 15.1 Å². The highest BCUT2D eigenvalue weighted by molar-refractivity contribution is 5.75. The van der Waals surface area contributed by atoms with Gasteiger partial charge in [-0.05, 0) is 49.2 Å². The summed E-state index contributed by atoms with van der Waals surface area (Å²) in [6.45, 7) is 8.10. The Kier molecular flexibility index (Phi) is 4.93. The van der Waals surface area contributed by atoms with E-state index in [0.29, 0.717) is 0 Å². The SMILES string of the molecule is C=C(Nc1ccccn1)N1CCCN(C)c2ccc(-c3cncc(C)c3)nc21. The van der Waals surface area contributed by atoms with Crippen molar-refractivity contribution >= 4 is 17.3 Å². The highest BCUT2D eigenvalue weighted by Crippen LogP contribution is 2.34. The molecule has 28 heavy (non-hydrogen) atoms. The molecule has 4 rings (SSSR count). The minimum atomic E-state index is 0.766. The molecule has 0 saturated heterocycles. The Bertz CT molecular complexity index is 985. The molecule has 1 aliphatic heterocycles. The Hall–Kier alpha value is -3.41. The van der Waals surface area contributed by atoms with E-state index in [1.54, 1.807) is 6.20 Å². The number of fused-ring (bicyclic) bond motifs is 1. The van der Waals surface area contributed by atoms with Crippen LogP contribution in [0.3, 0.4) is 0 Å². The maximum atomic E-state index is 5.00. The number of nitrogens with one attached hydrogen (secondary N) is 1. The summed E-state index contributed by atoms with van der Waals surface area (Å²) in [4.78, 5) is 18.0. The van der Waals surface area contributed by atoms with Crippen LogP contribution >= 0.6 is 0 Å². The third-order valence-corrected chi connectivity index (χ3v) is 4.83. The highest BCUT2D eigenvalue weighted by atomic mass is 15.3. The first kappa shape index (κ1) is 18.0. The van der Waals surface area contributed by atoms with Crippen LogP contribution in [0.15, 0.2) is 67.4 Å². The number of nitrogens with zero attached hydrogens (tertiary/aromatic N) is 5. The van der Waals surface area contributed by atoms with Crippen molar-refractivity contribution in [3.63, 3.8) is 0 Å². The van der Waals surface area contributed by atoms with Crippen LogP contribution in [0.1, 0.15) is 12.0 Å². The van der Waals surface area contributed by atoms with Gasteiger partial charge in [-0.2, -0.15) is 0 Å². The fraction of sp³-hybridized carbons (Fsp3) is 0.227. The van der Waals surface area contributed by atoms with Crippen molar-refractivity contribution in [1.82, 2.24) is 15.0 Å². The molecule has 0 spiro atoms. The lowest BCUT2D eigenvalue weighted by molar-refractivity contribution is 0.789. The van der Waals surface area contributed by atoms with E-state index in [0.717, 1.165) is 59.5 Å². The molecule has 6 heteroatoms. The summed E-state index contributed by atoms with van der Waals surface area (Å²) in [5, 5.41) is 3.31. The summed E-state index contributed by atoms with van der Waals surface area (Å²) in [6, 6.07) is 12.1. The van der Waals surface area contributed by atoms with E-state index < -0.39 is 0 Å². The van der Waals surface area contributed by atoms with Gasteiger partial charge in [-0.15, -0.1) is 0 Å². The summed E-state index contributed by atoms with van der Waals surface area (Å²) in [5.41, 5.74) is 4.12. The molecule has 0 saturated carbocycles. The van der Waals surface area contributed by atoms with Gasteiger partial charge in [0, 0.05) is 44.3 Å². The van der Waals surface area contributed by atoms with Gasteiger partial charge in [-0.25, -0.2) is 9.97 Å². The minimum Gasteiger partial charge on any atom is -0.372 e. The summed E-state index contributed by atoms with van der Waals surface area (Å²) in [6.07, 6.45) is 6.48. The van der Waals surface area contributed by atoms with E-state index in [4.69, 9.17) is 4.98 Å². The normalized spacial score (nSPS) is 13.6. The van der Waals surface area contributed by atoms with E-state index in [2.05, 4.69) is 56.9 Å². The first-order valence-electron chi connectivity index (χ1n) is 9.40. The van der Waals surface area contributed by atoms with Crippen molar-refractivity contribution in [3.05, 3.63) is 73.0 Å². The maximum absolute atomic E-state index is 5.00. The average Bonchev–Trinajstić information content (AvgIpc) is 2.87. The van der Waals surface area contributed by atoms with Crippen molar-refractivity contribution in [2.75, 3.05) is 35.3 Å². The van der Waals surface area contributed by atoms with Gasteiger partial charge >= 0.3 is 0 Å². The van der Waals surface area contributed by atoms with E-state index in [1.165, 1.54) is 0 Å². The lowest BCUT2D eigenvalue weighted by Crippen LogP contribution is -2.28. The number of anilines is 3. The van der Waals surface area contributed by atoms with Crippen molar-refractivity contribution in [1.29, 1.82) is 0 Å². The average molecular weight is 372 g/mol. The second-order valence-corrected chi connectivity index (χ2v) is 7.00. The molecule has 0 aromatic carbocycles. The third kappa shape index (κ3) is 3.67. The predicted molar refractivity (Wildman–Crippen MR) is 114 cm³/mol. The molecular formula is C22H24N6. The molecule has 3 aromatic heterocycles. The van der Waals surface area contributed by atoms with Crippen LogP contribution in [0.5, 0.6) is 0 Å². The smallest absolute Gasteiger partial charge is 0.158 e. The zero-order valence-corrected chi connectivity index (χ0v) is 16.3. The molecule has 0 unspecified atom stereocenters. The molecule has 4 heterocycles. The molecule has 0 aliphatic carbocycles. The van der Waals surface area contributed by atoms with E-state index in [1.807, 2.05) is 37.5 Å². The number of rotatable bonds is 4. The van der Waals surface area contributed by atoms with Gasteiger partial charge in [0.15, 0.2) is 5.82 Å². The first-order chi connectivity index (χ1) is 13.6. The topological polar surface area (TPSA) is 57.2 Å². The standard InChI is InChI=1S/C22H24N6/c1-16-13-18(15-23-14-16)19-8-9-20-22(26-19)28(12-6-11-27(20)3)17(2)25-21-7-4-5-10-24-21/h4-5,7-10,13-15H,2,6,11-12H2,1,3H3,(H,24,25). The van der Waals surface area contributed by atoms with Crippen LogP contribution in [0.4, 0.5) is 17.3 Å². The fourth-order valence-electron chi connectivity index (χ4n) is 3.40. The molecular weight excluding hydrogens is 348 g/mol. The molecule has 142 valence electrons. The molecule has 0 bridgehead atoms. The molecule has 0 radical (unpaired) electrons. The van der Waals surface area contributed by atoms with Gasteiger partial charge in [0.2, 0.25) is 0 Å². The Morgan fingerprint density at radius 3 is 2.82 bits per heavy atom. The van der Waals surface area contributed by atoms with Crippen LogP contribution in [0, 0.1) is 6.92 Å². The Labute approximate surface area is 165 Å². The molecule has 0 amide bonds. The van der Waals surface area contributed by atoms with Gasteiger partial charge in [0.25, 0.3) is 0 Å². The van der Waals surface area contributed by atoms with Gasteiger partial charge in [0.05, 0.1) is 11.4 Å². The van der Waals surface area contributed by atoms with Gasteiger partial charge in [-0.3, -0.25) is 4.98 Å². The Balaban J connectivity index is 1.72. The van der Waals surface area contributed by atoms with Crippen LogP contribution < -0.4 is 15.1 Å². The molecule has 1 aliphatic rings. The number of pyridine rings is 3. The second-order valence-electron chi connectivity index (χ2n) is 7.00. The van der Waals surface area contributed by atoms with Gasteiger partial charge in [-0.1, -0.05) is 12.6 Å². The third-order valence-electron chi connectivity index (χ3n) is 4.83. The molecule has 6 nitrogen and oxygen atoms in total. The first-order valence-corrected chi connectivity index (χ1v) is 9.40. The predicted octanol–water partition coefficient (Wildman–Crippen LogP) is 4.08. The number of aryl methyl sites for hydroxylation is 1. The quantitative estimate of drug-likeness (QED) is 0.745. The number of hydrogen-bond donors (Lipinski definition) is 1. The van der Waals surface area contributed by atoms with Crippen LogP contribution in [-0.4, -0.2) is 35.1 Å². The molecule has 1 N–H and O–H groups in total. The van der Waals surface area contributed by atoms with Crippen molar-refractivity contribution in [2.45, 2.75) is 13.3 Å². The highest BCUT2D eigenvalue weighted by Gasteiger charge is 2.23. The van der Waals surface area contributed by atoms with Gasteiger partial charge in [0.1, 0.15) is 11.6 Å². The Morgan fingerprint density at radius 2 is 2.04 bits per heavy atom. The van der Waals surface area contributed by atoms with Crippen LogP contribution in [-0.2, 0) is 0 Å². The second kappa shape index (κ2) is 7.68. The molecule has 0 atom stereocenters. The van der Waals surface area contributed by atoms with E-state index in [-0.39, 0.29) is 0 Å².